The van der Waals surface area contributed by atoms with Gasteiger partial charge in [-0.2, -0.15) is 0 Å². The molecule has 2 aromatic carbocycles. The molecule has 0 unspecified atom stereocenters. The Labute approximate surface area is 346 Å². The summed E-state index contributed by atoms with van der Waals surface area (Å²) in [4.78, 5) is 96.0. The highest BCUT2D eigenvalue weighted by Gasteiger charge is 2.49. The molecule has 4 fully saturated rings. The number of amides is 2. The van der Waals surface area contributed by atoms with E-state index in [2.05, 4.69) is 23.7 Å². The van der Waals surface area contributed by atoms with Crippen LogP contribution in [0.4, 0.5) is 0 Å². The zero-order valence-electron chi connectivity index (χ0n) is 34.9. The average Bonchev–Trinajstić information content (AvgIpc) is 3.17. The number of benzene rings is 2. The molecule has 2 amide bonds. The van der Waals surface area contributed by atoms with Crippen LogP contribution in [0.5, 0.6) is 0 Å². The summed E-state index contributed by atoms with van der Waals surface area (Å²) < 4.78 is 4.89. The van der Waals surface area contributed by atoms with Crippen molar-refractivity contribution in [2.75, 3.05) is 39.4 Å². The van der Waals surface area contributed by atoms with Gasteiger partial charge in [0.15, 0.2) is 6.61 Å². The Morgan fingerprint density at radius 3 is 1.37 bits per heavy atom. The minimum absolute atomic E-state index is 0.134. The van der Waals surface area contributed by atoms with Gasteiger partial charge in [-0.05, 0) is 135 Å². The van der Waals surface area contributed by atoms with Crippen LogP contribution >= 0.6 is 0 Å². The van der Waals surface area contributed by atoms with Crippen molar-refractivity contribution >= 4 is 40.9 Å². The minimum atomic E-state index is -0.946. The predicted octanol–water partition coefficient (Wildman–Crippen LogP) is 4.64. The molecule has 2 aliphatic carbocycles. The van der Waals surface area contributed by atoms with Gasteiger partial charge in [-0.15, -0.1) is 11.8 Å². The van der Waals surface area contributed by atoms with Gasteiger partial charge in [0.2, 0.25) is 5.91 Å². The Kier molecular flexibility index (Phi) is 13.1. The molecule has 4 aliphatic rings. The third-order valence-corrected chi connectivity index (χ3v) is 13.1. The zero-order chi connectivity index (χ0) is 42.6. The molecule has 2 heterocycles. The maximum Gasteiger partial charge on any atom is 0.303 e. The summed E-state index contributed by atoms with van der Waals surface area (Å²) in [5.74, 6) is 8.60. The molecular weight excluding hydrogens is 749 g/mol. The number of nitrogens with zero attached hydrogens (tertiary/aromatic N) is 2. The van der Waals surface area contributed by atoms with E-state index in [1.807, 2.05) is 38.1 Å². The number of piperidine rings is 2. The second kappa shape index (κ2) is 17.8. The SMILES string of the molecule is CC#Cc1cc(C)c(C2C(=O)CC3(CCN(C(=O)CO)CC3)CC2=O)c(CCc2cc(C#CC)cc(C)c2C2C(=O)CC3(CCN(C(=O)COC(C)=O)CC3)CC2=O)c1. The van der Waals surface area contributed by atoms with Crippen molar-refractivity contribution in [3.05, 3.63) is 68.8 Å². The van der Waals surface area contributed by atoms with E-state index in [9.17, 15) is 38.7 Å². The fourth-order valence-corrected chi connectivity index (χ4v) is 10.2. The fraction of sp³-hybridized carbons (Fsp3) is 0.521. The van der Waals surface area contributed by atoms with Gasteiger partial charge in [0, 0.05) is 69.9 Å². The number of esters is 1. The van der Waals surface area contributed by atoms with E-state index in [-0.39, 0.29) is 67.2 Å². The van der Waals surface area contributed by atoms with Crippen molar-refractivity contribution in [2.24, 2.45) is 10.8 Å². The maximum absolute atomic E-state index is 14.2. The number of aliphatic hydroxyl groups excluding tert-OH is 1. The molecule has 310 valence electrons. The number of ether oxygens (including phenoxy) is 1. The Hall–Kier alpha value is -5.39. The van der Waals surface area contributed by atoms with E-state index in [1.165, 1.54) is 6.92 Å². The number of hydrogen-bond donors (Lipinski definition) is 1. The summed E-state index contributed by atoms with van der Waals surface area (Å²) in [6.45, 7) is 9.22. The van der Waals surface area contributed by atoms with E-state index in [1.54, 1.807) is 23.6 Å². The molecule has 2 aromatic rings. The first-order valence-corrected chi connectivity index (χ1v) is 20.6. The van der Waals surface area contributed by atoms with E-state index < -0.39 is 35.2 Å². The van der Waals surface area contributed by atoms with Crippen molar-refractivity contribution in [3.63, 3.8) is 0 Å². The first-order chi connectivity index (χ1) is 28.1. The van der Waals surface area contributed by atoms with Gasteiger partial charge in [-0.3, -0.25) is 33.6 Å². The summed E-state index contributed by atoms with van der Waals surface area (Å²) in [5.41, 5.74) is 5.09. The second-order valence-electron chi connectivity index (χ2n) is 17.1. The van der Waals surface area contributed by atoms with Crippen LogP contribution in [-0.4, -0.2) is 95.2 Å². The summed E-state index contributed by atoms with van der Waals surface area (Å²) in [6, 6.07) is 7.74. The highest BCUT2D eigenvalue weighted by Crippen LogP contribution is 2.49. The van der Waals surface area contributed by atoms with Gasteiger partial charge < -0.3 is 19.6 Å². The Morgan fingerprint density at radius 2 is 1.03 bits per heavy atom. The molecule has 2 saturated heterocycles. The molecule has 0 atom stereocenters. The highest BCUT2D eigenvalue weighted by atomic mass is 16.5. The zero-order valence-corrected chi connectivity index (χ0v) is 34.9. The largest absolute Gasteiger partial charge is 0.456 e. The van der Waals surface area contributed by atoms with Crippen molar-refractivity contribution in [3.8, 4) is 23.7 Å². The quantitative estimate of drug-likeness (QED) is 0.229. The number of Topliss-reactive ketones (excluding diaryl/α,β-unsaturated/α-hetero) is 4. The van der Waals surface area contributed by atoms with Crippen molar-refractivity contribution in [2.45, 2.75) is 111 Å². The van der Waals surface area contributed by atoms with E-state index in [0.29, 0.717) is 75.8 Å². The van der Waals surface area contributed by atoms with Crippen molar-refractivity contribution in [1.82, 2.24) is 9.80 Å². The highest BCUT2D eigenvalue weighted by molar-refractivity contribution is 6.11. The number of aryl methyl sites for hydroxylation is 4. The van der Waals surface area contributed by atoms with Gasteiger partial charge in [-0.25, -0.2) is 0 Å². The molecule has 0 radical (unpaired) electrons. The number of likely N-dealkylation sites (tertiary alicyclic amines) is 2. The molecule has 2 aliphatic heterocycles. The molecule has 0 bridgehead atoms. The topological polar surface area (TPSA) is 155 Å². The molecule has 11 heteroatoms. The van der Waals surface area contributed by atoms with Crippen molar-refractivity contribution in [1.29, 1.82) is 0 Å². The summed E-state index contributed by atoms with van der Waals surface area (Å²) >= 11 is 0. The van der Waals surface area contributed by atoms with Crippen LogP contribution in [0.25, 0.3) is 0 Å². The second-order valence-corrected chi connectivity index (χ2v) is 17.1. The fourth-order valence-electron chi connectivity index (χ4n) is 10.2. The van der Waals surface area contributed by atoms with Gasteiger partial charge in [0.25, 0.3) is 5.91 Å². The smallest absolute Gasteiger partial charge is 0.303 e. The van der Waals surface area contributed by atoms with Gasteiger partial charge in [0.1, 0.15) is 41.6 Å². The van der Waals surface area contributed by atoms with Crippen molar-refractivity contribution < 1.29 is 43.4 Å². The molecular formula is C48H54N2O9. The van der Waals surface area contributed by atoms with E-state index in [0.717, 1.165) is 33.4 Å². The van der Waals surface area contributed by atoms with Crippen LogP contribution in [-0.2, 0) is 51.1 Å². The van der Waals surface area contributed by atoms with Gasteiger partial charge in [0.05, 0.1) is 0 Å². The number of aliphatic hydroxyl groups is 1. The molecule has 11 nitrogen and oxygen atoms in total. The van der Waals surface area contributed by atoms with E-state index >= 15 is 0 Å². The standard InChI is InChI=1S/C48H54N2O9/c1-6-8-33-20-30(3)43(45-37(53)24-47(25-38(45)54)12-16-49(17-13-47)41(57)28-51)35(22-33)10-11-36-23-34(9-7-2)21-31(4)44(36)46-39(55)26-48(27-40(46)56)14-18-50(19-15-48)42(58)29-59-32(5)52/h20-23,45-46,51H,10-19,24-29H2,1-5H3. The first kappa shape index (κ1) is 43.2. The van der Waals surface area contributed by atoms with Crippen LogP contribution in [0.3, 0.4) is 0 Å². The van der Waals surface area contributed by atoms with Gasteiger partial charge >= 0.3 is 5.97 Å². The first-order valence-electron chi connectivity index (χ1n) is 20.6. The number of ketones is 4. The average molecular weight is 803 g/mol. The Morgan fingerprint density at radius 1 is 0.661 bits per heavy atom. The molecule has 2 saturated carbocycles. The molecule has 1 N–H and O–H groups in total. The normalized spacial score (nSPS) is 20.2. The summed E-state index contributed by atoms with van der Waals surface area (Å²) in [7, 11) is 0. The minimum Gasteiger partial charge on any atom is -0.456 e. The van der Waals surface area contributed by atoms with Crippen LogP contribution in [0.2, 0.25) is 0 Å². The predicted molar refractivity (Wildman–Crippen MR) is 219 cm³/mol. The third kappa shape index (κ3) is 9.26. The lowest BCUT2D eigenvalue weighted by atomic mass is 9.62. The van der Waals surface area contributed by atoms with Crippen LogP contribution < -0.4 is 0 Å². The van der Waals surface area contributed by atoms with E-state index in [4.69, 9.17) is 4.74 Å². The number of rotatable bonds is 8. The maximum atomic E-state index is 14.2. The third-order valence-electron chi connectivity index (χ3n) is 13.1. The van der Waals surface area contributed by atoms with Crippen LogP contribution in [0.1, 0.15) is 128 Å². The van der Waals surface area contributed by atoms with Crippen LogP contribution in [0.15, 0.2) is 24.3 Å². The van der Waals surface area contributed by atoms with Crippen LogP contribution in [0, 0.1) is 48.4 Å². The summed E-state index contributed by atoms with van der Waals surface area (Å²) in [5, 5.41) is 9.34. The lowest BCUT2D eigenvalue weighted by Gasteiger charge is -2.45. The Bertz CT molecular complexity index is 2170. The molecule has 2 spiro atoms. The Balaban J connectivity index is 1.27. The lowest BCUT2D eigenvalue weighted by Crippen LogP contribution is -2.49. The van der Waals surface area contributed by atoms with Gasteiger partial charge in [-0.1, -0.05) is 11.8 Å². The molecule has 0 aromatic heterocycles. The molecule has 59 heavy (non-hydrogen) atoms. The molecule has 6 rings (SSSR count). The number of carbonyl (C=O) groups is 7. The number of carbonyl (C=O) groups excluding carboxylic acids is 7. The number of hydrogen-bond acceptors (Lipinski definition) is 9. The summed E-state index contributed by atoms with van der Waals surface area (Å²) in [6.07, 6.45) is 3.78. The lowest BCUT2D eigenvalue weighted by molar-refractivity contribution is -0.152. The monoisotopic (exact) mass is 802 g/mol.